The van der Waals surface area contributed by atoms with E-state index in [4.69, 9.17) is 11.6 Å². The second-order valence-corrected chi connectivity index (χ2v) is 7.57. The van der Waals surface area contributed by atoms with Crippen molar-refractivity contribution in [3.63, 3.8) is 0 Å². The van der Waals surface area contributed by atoms with E-state index in [-0.39, 0.29) is 0 Å². The van der Waals surface area contributed by atoms with Gasteiger partial charge in [-0.2, -0.15) is 0 Å². The van der Waals surface area contributed by atoms with E-state index in [0.717, 1.165) is 29.0 Å². The smallest absolute Gasteiger partial charge is 0.0441 e. The van der Waals surface area contributed by atoms with Crippen molar-refractivity contribution in [1.82, 2.24) is 5.32 Å². The summed E-state index contributed by atoms with van der Waals surface area (Å²) in [7, 11) is 0. The normalized spacial score (nSPS) is 22.2. The molecule has 1 saturated heterocycles. The third-order valence-corrected chi connectivity index (χ3v) is 5.70. The highest BCUT2D eigenvalue weighted by atomic mass is 79.9. The van der Waals surface area contributed by atoms with Crippen molar-refractivity contribution < 1.29 is 0 Å². The lowest BCUT2D eigenvalue weighted by Gasteiger charge is -2.34. The van der Waals surface area contributed by atoms with Crippen molar-refractivity contribution in [2.75, 3.05) is 13.1 Å². The van der Waals surface area contributed by atoms with Gasteiger partial charge in [0.05, 0.1) is 0 Å². The molecule has 21 heavy (non-hydrogen) atoms. The first-order chi connectivity index (χ1) is 10.2. The van der Waals surface area contributed by atoms with Crippen LogP contribution in [0.3, 0.4) is 0 Å². The first kappa shape index (κ1) is 15.5. The van der Waals surface area contributed by atoms with Gasteiger partial charge in [-0.1, -0.05) is 61.7 Å². The fraction of sp³-hybridized carbons (Fsp3) is 0.294. The van der Waals surface area contributed by atoms with E-state index < -0.39 is 0 Å². The molecule has 2 aromatic carbocycles. The molecule has 1 N–H and O–H groups in total. The number of nitrogens with one attached hydrogen (secondary N) is 1. The molecule has 0 aliphatic carbocycles. The lowest BCUT2D eigenvalue weighted by atomic mass is 9.77. The van der Waals surface area contributed by atoms with Gasteiger partial charge in [0.15, 0.2) is 0 Å². The van der Waals surface area contributed by atoms with E-state index >= 15 is 0 Å². The molecule has 0 amide bonds. The molecule has 4 heteroatoms. The molecule has 0 radical (unpaired) electrons. The number of benzene rings is 2. The fourth-order valence-corrected chi connectivity index (χ4v) is 4.35. The molecule has 0 aromatic heterocycles. The predicted octanol–water partition coefficient (Wildman–Crippen LogP) is 5.73. The summed E-state index contributed by atoms with van der Waals surface area (Å²) in [5.74, 6) is 0.871. The minimum Gasteiger partial charge on any atom is -0.316 e. The summed E-state index contributed by atoms with van der Waals surface area (Å²) in [6.07, 6.45) is 1.10. The standard InChI is InChI=1S/C17H16Br2ClN/c18-11-5-6-17(20)14(9-11)12-7-8-21-10-15(12)13-3-1-2-4-16(13)19/h1-6,9,12,15,21H,7-8,10H2. The summed E-state index contributed by atoms with van der Waals surface area (Å²) in [6.45, 7) is 2.02. The lowest BCUT2D eigenvalue weighted by Crippen LogP contribution is -2.34. The fourth-order valence-electron chi connectivity index (χ4n) is 3.13. The quantitative estimate of drug-likeness (QED) is 0.643. The maximum absolute atomic E-state index is 6.47. The Labute approximate surface area is 147 Å². The Bertz CT molecular complexity index is 644. The van der Waals surface area contributed by atoms with E-state index in [9.17, 15) is 0 Å². The Hall–Kier alpha value is -0.350. The second-order valence-electron chi connectivity index (χ2n) is 5.39. The molecule has 0 spiro atoms. The van der Waals surface area contributed by atoms with Gasteiger partial charge in [0.1, 0.15) is 0 Å². The van der Waals surface area contributed by atoms with Gasteiger partial charge >= 0.3 is 0 Å². The van der Waals surface area contributed by atoms with Crippen LogP contribution in [0.2, 0.25) is 5.02 Å². The monoisotopic (exact) mass is 427 g/mol. The Kier molecular flexibility index (Phi) is 5.05. The Morgan fingerprint density at radius 2 is 1.81 bits per heavy atom. The highest BCUT2D eigenvalue weighted by molar-refractivity contribution is 9.10. The van der Waals surface area contributed by atoms with Gasteiger partial charge in [0.2, 0.25) is 0 Å². The third-order valence-electron chi connectivity index (χ3n) is 4.14. The maximum atomic E-state index is 6.47. The second kappa shape index (κ2) is 6.82. The van der Waals surface area contributed by atoms with E-state index in [2.05, 4.69) is 67.5 Å². The van der Waals surface area contributed by atoms with Crippen LogP contribution in [0.1, 0.15) is 29.4 Å². The molecule has 1 fully saturated rings. The van der Waals surface area contributed by atoms with Crippen molar-refractivity contribution in [1.29, 1.82) is 0 Å². The highest BCUT2D eigenvalue weighted by Crippen LogP contribution is 2.42. The third kappa shape index (κ3) is 3.37. The molecular formula is C17H16Br2ClN. The molecule has 2 atom stereocenters. The number of hydrogen-bond acceptors (Lipinski definition) is 1. The summed E-state index contributed by atoms with van der Waals surface area (Å²) in [5, 5.41) is 4.38. The van der Waals surface area contributed by atoms with Crippen molar-refractivity contribution in [2.24, 2.45) is 0 Å². The summed E-state index contributed by atoms with van der Waals surface area (Å²) in [4.78, 5) is 0. The lowest BCUT2D eigenvalue weighted by molar-refractivity contribution is 0.403. The van der Waals surface area contributed by atoms with Crippen LogP contribution < -0.4 is 5.32 Å². The molecule has 1 heterocycles. The minimum atomic E-state index is 0.432. The first-order valence-electron chi connectivity index (χ1n) is 7.07. The number of rotatable bonds is 2. The summed E-state index contributed by atoms with van der Waals surface area (Å²) in [6, 6.07) is 14.6. The predicted molar refractivity (Wildman–Crippen MR) is 96.3 cm³/mol. The van der Waals surface area contributed by atoms with Gasteiger partial charge in [-0.15, -0.1) is 0 Å². The van der Waals surface area contributed by atoms with Gasteiger partial charge < -0.3 is 5.32 Å². The van der Waals surface area contributed by atoms with Crippen LogP contribution in [-0.2, 0) is 0 Å². The van der Waals surface area contributed by atoms with Gasteiger partial charge in [0.25, 0.3) is 0 Å². The molecular weight excluding hydrogens is 413 g/mol. The van der Waals surface area contributed by atoms with E-state index in [1.165, 1.54) is 15.6 Å². The zero-order valence-electron chi connectivity index (χ0n) is 11.5. The Morgan fingerprint density at radius 3 is 2.62 bits per heavy atom. The van der Waals surface area contributed by atoms with Crippen LogP contribution in [0.4, 0.5) is 0 Å². The Balaban J connectivity index is 2.02. The molecule has 0 bridgehead atoms. The summed E-state index contributed by atoms with van der Waals surface area (Å²) in [5.41, 5.74) is 2.60. The van der Waals surface area contributed by atoms with Gasteiger partial charge in [0, 0.05) is 26.4 Å². The highest BCUT2D eigenvalue weighted by Gasteiger charge is 2.30. The van der Waals surface area contributed by atoms with Gasteiger partial charge in [-0.05, 0) is 54.3 Å². The zero-order valence-corrected chi connectivity index (χ0v) is 15.4. The van der Waals surface area contributed by atoms with Crippen molar-refractivity contribution >= 4 is 43.5 Å². The first-order valence-corrected chi connectivity index (χ1v) is 9.03. The minimum absolute atomic E-state index is 0.432. The molecule has 3 rings (SSSR count). The summed E-state index contributed by atoms with van der Waals surface area (Å²) < 4.78 is 2.26. The number of hydrogen-bond donors (Lipinski definition) is 1. The molecule has 0 saturated carbocycles. The molecule has 110 valence electrons. The van der Waals surface area contributed by atoms with Crippen LogP contribution >= 0.6 is 43.5 Å². The average molecular weight is 430 g/mol. The zero-order chi connectivity index (χ0) is 14.8. The van der Waals surface area contributed by atoms with Crippen molar-refractivity contribution in [3.05, 3.63) is 67.6 Å². The molecule has 1 aliphatic heterocycles. The van der Waals surface area contributed by atoms with Crippen LogP contribution in [0.15, 0.2) is 51.4 Å². The Morgan fingerprint density at radius 1 is 1.00 bits per heavy atom. The topological polar surface area (TPSA) is 12.0 Å². The number of halogens is 3. The van der Waals surface area contributed by atoms with Crippen LogP contribution in [-0.4, -0.2) is 13.1 Å². The average Bonchev–Trinajstić information content (AvgIpc) is 2.50. The maximum Gasteiger partial charge on any atom is 0.0441 e. The van der Waals surface area contributed by atoms with E-state index in [1.54, 1.807) is 0 Å². The van der Waals surface area contributed by atoms with Gasteiger partial charge in [-0.25, -0.2) is 0 Å². The summed E-state index contributed by atoms with van der Waals surface area (Å²) >= 11 is 13.7. The SMILES string of the molecule is Clc1ccc(Br)cc1C1CCNCC1c1ccccc1Br. The van der Waals surface area contributed by atoms with Crippen LogP contribution in [0, 0.1) is 0 Å². The largest absolute Gasteiger partial charge is 0.316 e. The molecule has 1 nitrogen and oxygen atoms in total. The number of piperidine rings is 1. The van der Waals surface area contributed by atoms with E-state index in [1.807, 2.05) is 12.1 Å². The van der Waals surface area contributed by atoms with Crippen molar-refractivity contribution in [2.45, 2.75) is 18.3 Å². The van der Waals surface area contributed by atoms with Gasteiger partial charge in [-0.3, -0.25) is 0 Å². The van der Waals surface area contributed by atoms with Crippen LogP contribution in [0.5, 0.6) is 0 Å². The molecule has 2 unspecified atom stereocenters. The molecule has 1 aliphatic rings. The molecule has 2 aromatic rings. The van der Waals surface area contributed by atoms with Crippen LogP contribution in [0.25, 0.3) is 0 Å². The van der Waals surface area contributed by atoms with E-state index in [0.29, 0.717) is 11.8 Å². The van der Waals surface area contributed by atoms with Crippen molar-refractivity contribution in [3.8, 4) is 0 Å².